The van der Waals surface area contributed by atoms with E-state index in [-0.39, 0.29) is 0 Å². The van der Waals surface area contributed by atoms with Crippen molar-refractivity contribution in [2.45, 2.75) is 25.1 Å². The molecule has 2 atom stereocenters. The van der Waals surface area contributed by atoms with Crippen LogP contribution in [0, 0.1) is 5.92 Å². The van der Waals surface area contributed by atoms with Crippen molar-refractivity contribution < 1.29 is 13.2 Å². The number of pyridine rings is 2. The summed E-state index contributed by atoms with van der Waals surface area (Å²) in [6.07, 6.45) is 0.944. The number of fused-ring (bicyclic) bond motifs is 1. The van der Waals surface area contributed by atoms with Gasteiger partial charge in [0.2, 0.25) is 0 Å². The monoisotopic (exact) mass is 421 g/mol. The molecule has 3 nitrogen and oxygen atoms in total. The smallest absolute Gasteiger partial charge is 0.380 e. The van der Waals surface area contributed by atoms with Gasteiger partial charge in [0.1, 0.15) is 5.52 Å². The second-order valence-electron chi connectivity index (χ2n) is 6.53. The maximum atomic E-state index is 12.6. The highest BCUT2D eigenvalue weighted by Crippen LogP contribution is 2.38. The van der Waals surface area contributed by atoms with Crippen LogP contribution in [-0.2, 0) is 12.6 Å². The van der Waals surface area contributed by atoms with Gasteiger partial charge in [-0.25, -0.2) is 0 Å². The maximum absolute atomic E-state index is 12.6. The molecule has 1 saturated carbocycles. The molecule has 7 heteroatoms. The average molecular weight is 422 g/mol. The zero-order valence-electron chi connectivity index (χ0n) is 13.6. The van der Waals surface area contributed by atoms with E-state index < -0.39 is 11.7 Å². The summed E-state index contributed by atoms with van der Waals surface area (Å²) in [6, 6.07) is 9.56. The Morgan fingerprint density at radius 2 is 1.88 bits per heavy atom. The highest BCUT2D eigenvalue weighted by Gasteiger charge is 2.37. The van der Waals surface area contributed by atoms with Crippen molar-refractivity contribution in [3.05, 3.63) is 64.4 Å². The van der Waals surface area contributed by atoms with Gasteiger partial charge >= 0.3 is 6.18 Å². The van der Waals surface area contributed by atoms with Crippen LogP contribution in [-0.4, -0.2) is 16.0 Å². The fourth-order valence-corrected chi connectivity index (χ4v) is 3.42. The van der Waals surface area contributed by atoms with Crippen LogP contribution in [0.25, 0.3) is 11.0 Å². The normalized spacial score (nSPS) is 19.5. The summed E-state index contributed by atoms with van der Waals surface area (Å²) in [5.41, 5.74) is 2.88. The molecule has 2 unspecified atom stereocenters. The standard InChI is InChI=1S/C19H15BrF3N3/c20-14-9-17-18(25-10-14)15(5-6-24-17)26-16-8-12(16)7-11-1-3-13(4-2-11)19(21,22)23/h1-6,9-10,12,16H,7-8H2,(H,24,26). The lowest BCUT2D eigenvalue weighted by atomic mass is 10.1. The third-order valence-corrected chi connectivity index (χ3v) is 5.02. The van der Waals surface area contributed by atoms with E-state index in [1.807, 2.05) is 12.1 Å². The number of benzene rings is 1. The van der Waals surface area contributed by atoms with E-state index in [1.54, 1.807) is 24.5 Å². The van der Waals surface area contributed by atoms with Crippen LogP contribution < -0.4 is 5.32 Å². The molecule has 1 N–H and O–H groups in total. The van der Waals surface area contributed by atoms with Crippen LogP contribution in [0.2, 0.25) is 0 Å². The Balaban J connectivity index is 1.42. The third-order valence-electron chi connectivity index (χ3n) is 4.59. The summed E-state index contributed by atoms with van der Waals surface area (Å²) in [5.74, 6) is 0.408. The number of alkyl halides is 3. The molecular formula is C19H15BrF3N3. The number of hydrogen-bond acceptors (Lipinski definition) is 3. The predicted octanol–water partition coefficient (Wildman–Crippen LogP) is 5.45. The van der Waals surface area contributed by atoms with Gasteiger partial charge in [-0.05, 0) is 64.5 Å². The summed E-state index contributed by atoms with van der Waals surface area (Å²) in [7, 11) is 0. The average Bonchev–Trinajstić information content (AvgIpc) is 3.32. The molecule has 0 spiro atoms. The number of halogens is 4. The number of anilines is 1. The van der Waals surface area contributed by atoms with Gasteiger partial charge in [-0.15, -0.1) is 0 Å². The Morgan fingerprint density at radius 1 is 1.12 bits per heavy atom. The Labute approximate surface area is 156 Å². The van der Waals surface area contributed by atoms with Gasteiger partial charge in [0.15, 0.2) is 0 Å². The minimum atomic E-state index is -4.29. The van der Waals surface area contributed by atoms with Crippen molar-refractivity contribution in [1.82, 2.24) is 9.97 Å². The summed E-state index contributed by atoms with van der Waals surface area (Å²) < 4.78 is 38.8. The van der Waals surface area contributed by atoms with E-state index in [1.165, 1.54) is 0 Å². The van der Waals surface area contributed by atoms with Crippen LogP contribution in [0.4, 0.5) is 18.9 Å². The summed E-state index contributed by atoms with van der Waals surface area (Å²) in [6.45, 7) is 0. The molecule has 2 aromatic heterocycles. The Morgan fingerprint density at radius 3 is 2.62 bits per heavy atom. The molecule has 0 saturated heterocycles. The van der Waals surface area contributed by atoms with E-state index in [0.717, 1.165) is 51.7 Å². The van der Waals surface area contributed by atoms with E-state index in [0.29, 0.717) is 12.0 Å². The van der Waals surface area contributed by atoms with Gasteiger partial charge in [-0.3, -0.25) is 9.97 Å². The van der Waals surface area contributed by atoms with Crippen molar-refractivity contribution in [3.63, 3.8) is 0 Å². The number of aromatic nitrogens is 2. The fraction of sp³-hybridized carbons (Fsp3) is 0.263. The maximum Gasteiger partial charge on any atom is 0.416 e. The summed E-state index contributed by atoms with van der Waals surface area (Å²) >= 11 is 3.39. The zero-order valence-corrected chi connectivity index (χ0v) is 15.2. The lowest BCUT2D eigenvalue weighted by Crippen LogP contribution is -2.07. The van der Waals surface area contributed by atoms with Crippen molar-refractivity contribution in [2.24, 2.45) is 5.92 Å². The van der Waals surface area contributed by atoms with Crippen LogP contribution in [0.3, 0.4) is 0 Å². The predicted molar refractivity (Wildman–Crippen MR) is 97.9 cm³/mol. The van der Waals surface area contributed by atoms with Crippen molar-refractivity contribution >= 4 is 32.7 Å². The Hall–Kier alpha value is -2.15. The van der Waals surface area contributed by atoms with Gasteiger partial charge in [-0.2, -0.15) is 13.2 Å². The molecule has 1 aliphatic carbocycles. The summed E-state index contributed by atoms with van der Waals surface area (Å²) in [4.78, 5) is 8.75. The first-order valence-electron chi connectivity index (χ1n) is 8.23. The lowest BCUT2D eigenvalue weighted by Gasteiger charge is -2.09. The van der Waals surface area contributed by atoms with E-state index in [4.69, 9.17) is 0 Å². The molecule has 134 valence electrons. The SMILES string of the molecule is FC(F)(F)c1ccc(CC2CC2Nc2ccnc3cc(Br)cnc23)cc1. The minimum Gasteiger partial charge on any atom is -0.380 e. The number of hydrogen-bond donors (Lipinski definition) is 1. The van der Waals surface area contributed by atoms with Gasteiger partial charge in [0.25, 0.3) is 0 Å². The van der Waals surface area contributed by atoms with Crippen molar-refractivity contribution in [3.8, 4) is 0 Å². The highest BCUT2D eigenvalue weighted by atomic mass is 79.9. The van der Waals surface area contributed by atoms with Crippen LogP contribution in [0.5, 0.6) is 0 Å². The molecule has 0 aliphatic heterocycles. The molecule has 4 rings (SSSR count). The van der Waals surface area contributed by atoms with Gasteiger partial charge in [0.05, 0.1) is 16.8 Å². The van der Waals surface area contributed by atoms with E-state index in [2.05, 4.69) is 31.2 Å². The third kappa shape index (κ3) is 3.67. The largest absolute Gasteiger partial charge is 0.416 e. The van der Waals surface area contributed by atoms with E-state index in [9.17, 15) is 13.2 Å². The molecule has 0 amide bonds. The molecule has 26 heavy (non-hydrogen) atoms. The molecule has 1 aliphatic rings. The minimum absolute atomic E-state index is 0.299. The molecule has 2 heterocycles. The van der Waals surface area contributed by atoms with Crippen molar-refractivity contribution in [1.29, 1.82) is 0 Å². The molecular weight excluding hydrogens is 407 g/mol. The quantitative estimate of drug-likeness (QED) is 0.608. The van der Waals surface area contributed by atoms with Crippen LogP contribution in [0.15, 0.2) is 53.3 Å². The fourth-order valence-electron chi connectivity index (χ4n) is 3.10. The van der Waals surface area contributed by atoms with Crippen LogP contribution >= 0.6 is 15.9 Å². The lowest BCUT2D eigenvalue weighted by molar-refractivity contribution is -0.137. The zero-order chi connectivity index (χ0) is 18.3. The second-order valence-corrected chi connectivity index (χ2v) is 7.44. The first-order chi connectivity index (χ1) is 12.4. The van der Waals surface area contributed by atoms with Gasteiger partial charge < -0.3 is 5.32 Å². The first-order valence-corrected chi connectivity index (χ1v) is 9.02. The summed E-state index contributed by atoms with van der Waals surface area (Å²) in [5, 5.41) is 3.49. The topological polar surface area (TPSA) is 37.8 Å². The number of nitrogens with one attached hydrogen (secondary N) is 1. The molecule has 0 bridgehead atoms. The number of rotatable bonds is 4. The number of nitrogens with zero attached hydrogens (tertiary/aromatic N) is 2. The highest BCUT2D eigenvalue weighted by molar-refractivity contribution is 9.10. The second kappa shape index (κ2) is 6.54. The van der Waals surface area contributed by atoms with E-state index >= 15 is 0 Å². The van der Waals surface area contributed by atoms with Crippen molar-refractivity contribution in [2.75, 3.05) is 5.32 Å². The Kier molecular flexibility index (Phi) is 4.34. The van der Waals surface area contributed by atoms with Gasteiger partial charge in [-0.1, -0.05) is 12.1 Å². The first kappa shape index (κ1) is 17.3. The van der Waals surface area contributed by atoms with Crippen LogP contribution in [0.1, 0.15) is 17.5 Å². The molecule has 0 radical (unpaired) electrons. The molecule has 3 aromatic rings. The molecule has 1 fully saturated rings. The Bertz CT molecular complexity index is 941. The molecule has 1 aromatic carbocycles. The van der Waals surface area contributed by atoms with Gasteiger partial charge in [0, 0.05) is 22.9 Å².